The molecule has 1 heterocycles. The van der Waals surface area contributed by atoms with E-state index in [4.69, 9.17) is 0 Å². The third kappa shape index (κ3) is 3.72. The Hall–Kier alpha value is -1.58. The summed E-state index contributed by atoms with van der Waals surface area (Å²) in [6.07, 6.45) is 10.6. The molecule has 2 atom stereocenters. The lowest BCUT2D eigenvalue weighted by molar-refractivity contribution is 0.368. The molecule has 0 radical (unpaired) electrons. The second kappa shape index (κ2) is 6.38. The van der Waals surface area contributed by atoms with Gasteiger partial charge < -0.3 is 10.6 Å². The van der Waals surface area contributed by atoms with Crippen molar-refractivity contribution in [1.82, 2.24) is 15.3 Å². The van der Waals surface area contributed by atoms with E-state index >= 15 is 0 Å². The maximum absolute atomic E-state index is 4.24. The lowest BCUT2D eigenvalue weighted by Gasteiger charge is -2.32. The van der Waals surface area contributed by atoms with Crippen LogP contribution in [0.15, 0.2) is 30.2 Å². The highest BCUT2D eigenvalue weighted by Gasteiger charge is 2.24. The monoisotopic (exact) mass is 246 g/mol. The Kier molecular flexibility index (Phi) is 4.56. The van der Waals surface area contributed by atoms with E-state index in [1.165, 1.54) is 31.3 Å². The number of hydrogen-bond donors (Lipinski definition) is 2. The van der Waals surface area contributed by atoms with Gasteiger partial charge in [0.15, 0.2) is 0 Å². The van der Waals surface area contributed by atoms with Crippen molar-refractivity contribution in [2.45, 2.75) is 51.6 Å². The third-order valence-electron chi connectivity index (χ3n) is 3.23. The van der Waals surface area contributed by atoms with Crippen LogP contribution in [0.3, 0.4) is 0 Å². The minimum Gasteiger partial charge on any atom is -0.386 e. The molecule has 2 N–H and O–H groups in total. The van der Waals surface area contributed by atoms with Gasteiger partial charge in [0.1, 0.15) is 0 Å². The normalized spacial score (nSPS) is 23.2. The Morgan fingerprint density at radius 2 is 1.83 bits per heavy atom. The zero-order valence-corrected chi connectivity index (χ0v) is 11.2. The number of rotatable bonds is 4. The third-order valence-corrected chi connectivity index (χ3v) is 3.23. The van der Waals surface area contributed by atoms with Gasteiger partial charge in [-0.3, -0.25) is 0 Å². The molecule has 98 valence electrons. The van der Waals surface area contributed by atoms with Crippen LogP contribution in [-0.4, -0.2) is 22.1 Å². The molecular weight excluding hydrogens is 224 g/mol. The van der Waals surface area contributed by atoms with Gasteiger partial charge in [0.05, 0.1) is 0 Å². The van der Waals surface area contributed by atoms with Crippen molar-refractivity contribution in [2.24, 2.45) is 0 Å². The summed E-state index contributed by atoms with van der Waals surface area (Å²) in [5.41, 5.74) is 1.30. The topological polar surface area (TPSA) is 49.8 Å². The van der Waals surface area contributed by atoms with Crippen LogP contribution < -0.4 is 10.6 Å². The van der Waals surface area contributed by atoms with Gasteiger partial charge in [-0.05, 0) is 39.0 Å². The summed E-state index contributed by atoms with van der Waals surface area (Å²) in [7, 11) is 0. The molecule has 0 bridgehead atoms. The molecule has 1 aliphatic carbocycles. The summed E-state index contributed by atoms with van der Waals surface area (Å²) in [6.45, 7) is 4.22. The van der Waals surface area contributed by atoms with E-state index in [-0.39, 0.29) is 0 Å². The largest absolute Gasteiger partial charge is 0.386 e. The minimum absolute atomic E-state index is 0.414. The molecule has 0 unspecified atom stereocenters. The molecule has 1 saturated carbocycles. The van der Waals surface area contributed by atoms with Crippen molar-refractivity contribution in [3.63, 3.8) is 0 Å². The van der Waals surface area contributed by atoms with Crippen LogP contribution in [-0.2, 0) is 0 Å². The Morgan fingerprint density at radius 1 is 1.17 bits per heavy atom. The van der Waals surface area contributed by atoms with Crippen molar-refractivity contribution < 1.29 is 0 Å². The van der Waals surface area contributed by atoms with E-state index in [1.807, 2.05) is 6.07 Å². The first-order valence-corrected chi connectivity index (χ1v) is 6.68. The second-order valence-corrected chi connectivity index (χ2v) is 5.10. The molecule has 0 amide bonds. The van der Waals surface area contributed by atoms with Gasteiger partial charge in [0, 0.05) is 24.5 Å². The highest BCUT2D eigenvalue weighted by molar-refractivity contribution is 5.25. The number of nitrogens with zero attached hydrogens (tertiary/aromatic N) is 2. The Bertz CT molecular complexity index is 384. The first-order valence-electron chi connectivity index (χ1n) is 6.68. The van der Waals surface area contributed by atoms with Crippen molar-refractivity contribution in [2.75, 3.05) is 5.32 Å². The summed E-state index contributed by atoms with van der Waals surface area (Å²) < 4.78 is 0. The molecule has 0 aliphatic heterocycles. The Balaban J connectivity index is 1.97. The summed E-state index contributed by atoms with van der Waals surface area (Å²) in [5.74, 6) is 0.730. The van der Waals surface area contributed by atoms with Crippen LogP contribution >= 0.6 is 0 Å². The van der Waals surface area contributed by atoms with Crippen LogP contribution in [0.2, 0.25) is 0 Å². The van der Waals surface area contributed by atoms with E-state index in [9.17, 15) is 0 Å². The molecule has 1 aromatic rings. The average molecular weight is 246 g/mol. The van der Waals surface area contributed by atoms with Crippen molar-refractivity contribution in [3.8, 4) is 0 Å². The first-order chi connectivity index (χ1) is 8.75. The fourth-order valence-electron chi connectivity index (χ4n) is 2.32. The predicted octanol–water partition coefficient (Wildman–Crippen LogP) is 2.71. The minimum atomic E-state index is 0.414. The van der Waals surface area contributed by atoms with E-state index in [0.717, 1.165) is 5.95 Å². The average Bonchev–Trinajstić information content (AvgIpc) is 2.39. The highest BCUT2D eigenvalue weighted by atomic mass is 15.1. The molecule has 2 rings (SSSR count). The summed E-state index contributed by atoms with van der Waals surface area (Å²) in [6, 6.07) is 2.72. The van der Waals surface area contributed by atoms with Crippen molar-refractivity contribution >= 4 is 5.95 Å². The van der Waals surface area contributed by atoms with E-state index in [1.54, 1.807) is 12.4 Å². The summed E-state index contributed by atoms with van der Waals surface area (Å²) >= 11 is 0. The molecule has 1 fully saturated rings. The smallest absolute Gasteiger partial charge is 0.222 e. The van der Waals surface area contributed by atoms with Crippen LogP contribution in [0.5, 0.6) is 0 Å². The van der Waals surface area contributed by atoms with Gasteiger partial charge in [-0.2, -0.15) is 0 Å². The Labute approximate surface area is 109 Å². The zero-order valence-electron chi connectivity index (χ0n) is 11.2. The maximum Gasteiger partial charge on any atom is 0.222 e. The molecule has 0 spiro atoms. The fraction of sp³-hybridized carbons (Fsp3) is 0.571. The predicted molar refractivity (Wildman–Crippen MR) is 74.3 cm³/mol. The molecule has 4 nitrogen and oxygen atoms in total. The lowest BCUT2D eigenvalue weighted by atomic mass is 9.90. The first kappa shape index (κ1) is 12.9. The standard InChI is InChI=1S/C14H22N4/c1-11(2)10-17-12-6-3-4-7-13(12)18-14-15-8-5-9-16-14/h5,8-10,12-13,17H,3-4,6-7H2,1-2H3,(H,15,16,18)/t12-,13-/m0/s1. The van der Waals surface area contributed by atoms with Crippen LogP contribution in [0.25, 0.3) is 0 Å². The van der Waals surface area contributed by atoms with Gasteiger partial charge in [0.2, 0.25) is 5.95 Å². The Morgan fingerprint density at radius 3 is 2.50 bits per heavy atom. The van der Waals surface area contributed by atoms with Crippen molar-refractivity contribution in [3.05, 3.63) is 30.2 Å². The highest BCUT2D eigenvalue weighted by Crippen LogP contribution is 2.21. The van der Waals surface area contributed by atoms with E-state index in [2.05, 4.69) is 40.6 Å². The number of allylic oxidation sites excluding steroid dienone is 1. The lowest BCUT2D eigenvalue weighted by Crippen LogP contribution is -2.44. The molecule has 0 saturated heterocycles. The molecule has 0 aromatic carbocycles. The van der Waals surface area contributed by atoms with E-state index < -0.39 is 0 Å². The van der Waals surface area contributed by atoms with Gasteiger partial charge in [-0.15, -0.1) is 0 Å². The second-order valence-electron chi connectivity index (χ2n) is 5.10. The number of nitrogens with one attached hydrogen (secondary N) is 2. The zero-order chi connectivity index (χ0) is 12.8. The summed E-state index contributed by atoms with van der Waals surface area (Å²) in [4.78, 5) is 8.47. The van der Waals surface area contributed by atoms with Gasteiger partial charge in [-0.25, -0.2) is 9.97 Å². The molecule has 1 aromatic heterocycles. The summed E-state index contributed by atoms with van der Waals surface area (Å²) in [5, 5.41) is 6.95. The SMILES string of the molecule is CC(C)=CN[C@H]1CCCC[C@@H]1Nc1ncccn1. The van der Waals surface area contributed by atoms with Crippen LogP contribution in [0.4, 0.5) is 5.95 Å². The quantitative estimate of drug-likeness (QED) is 0.857. The maximum atomic E-state index is 4.24. The molecule has 18 heavy (non-hydrogen) atoms. The van der Waals surface area contributed by atoms with Crippen molar-refractivity contribution in [1.29, 1.82) is 0 Å². The molecule has 1 aliphatic rings. The van der Waals surface area contributed by atoms with Crippen LogP contribution in [0.1, 0.15) is 39.5 Å². The molecular formula is C14H22N4. The van der Waals surface area contributed by atoms with Gasteiger partial charge >= 0.3 is 0 Å². The number of hydrogen-bond acceptors (Lipinski definition) is 4. The number of anilines is 1. The molecule has 4 heteroatoms. The van der Waals surface area contributed by atoms with Gasteiger partial charge in [-0.1, -0.05) is 18.4 Å². The van der Waals surface area contributed by atoms with E-state index in [0.29, 0.717) is 12.1 Å². The van der Waals surface area contributed by atoms with Gasteiger partial charge in [0.25, 0.3) is 0 Å². The van der Waals surface area contributed by atoms with Crippen LogP contribution in [0, 0.1) is 0 Å². The number of aromatic nitrogens is 2. The fourth-order valence-corrected chi connectivity index (χ4v) is 2.32.